The van der Waals surface area contributed by atoms with Crippen molar-refractivity contribution in [3.05, 3.63) is 70.2 Å². The molecular formula is C22H20F3N3OS. The van der Waals surface area contributed by atoms with Gasteiger partial charge in [0.05, 0.1) is 17.8 Å². The lowest BCUT2D eigenvalue weighted by molar-refractivity contribution is -0.137. The number of aromatic nitrogens is 1. The first-order chi connectivity index (χ1) is 14.2. The Morgan fingerprint density at radius 1 is 1.17 bits per heavy atom. The zero-order valence-corrected chi connectivity index (χ0v) is 17.0. The molecule has 1 fully saturated rings. The average Bonchev–Trinajstić information content (AvgIpc) is 3.43. The predicted octanol–water partition coefficient (Wildman–Crippen LogP) is 5.34. The van der Waals surface area contributed by atoms with Gasteiger partial charge < -0.3 is 11.1 Å². The molecule has 1 aliphatic carbocycles. The van der Waals surface area contributed by atoms with Crippen molar-refractivity contribution in [2.75, 3.05) is 5.32 Å². The van der Waals surface area contributed by atoms with Gasteiger partial charge in [-0.3, -0.25) is 4.79 Å². The highest BCUT2D eigenvalue weighted by atomic mass is 32.1. The molecule has 0 aliphatic heterocycles. The Labute approximate surface area is 176 Å². The number of carbonyl (C=O) groups is 1. The van der Waals surface area contributed by atoms with Crippen LogP contribution in [0.4, 0.5) is 18.9 Å². The molecule has 1 amide bonds. The van der Waals surface area contributed by atoms with Gasteiger partial charge in [-0.25, -0.2) is 4.98 Å². The summed E-state index contributed by atoms with van der Waals surface area (Å²) in [6, 6.07) is 13.0. The SMILES string of the molecule is Cc1nc(-c2ccc(C(F)(F)F)cc2)sc1CNc1ccc(C2CC2C(N)=O)cc1. The Morgan fingerprint density at radius 3 is 2.40 bits per heavy atom. The minimum Gasteiger partial charge on any atom is -0.380 e. The smallest absolute Gasteiger partial charge is 0.380 e. The predicted molar refractivity (Wildman–Crippen MR) is 111 cm³/mol. The molecule has 1 heterocycles. The molecule has 4 nitrogen and oxygen atoms in total. The number of primary amides is 1. The van der Waals surface area contributed by atoms with Crippen LogP contribution in [0.15, 0.2) is 48.5 Å². The number of amides is 1. The molecule has 1 saturated carbocycles. The van der Waals surface area contributed by atoms with E-state index in [1.165, 1.54) is 23.5 Å². The fourth-order valence-electron chi connectivity index (χ4n) is 3.43. The summed E-state index contributed by atoms with van der Waals surface area (Å²) in [5.41, 5.74) is 8.25. The van der Waals surface area contributed by atoms with Crippen LogP contribution in [0.3, 0.4) is 0 Å². The van der Waals surface area contributed by atoms with Gasteiger partial charge in [0.2, 0.25) is 5.91 Å². The molecule has 1 aromatic heterocycles. The van der Waals surface area contributed by atoms with Crippen molar-refractivity contribution in [2.24, 2.45) is 11.7 Å². The summed E-state index contributed by atoms with van der Waals surface area (Å²) >= 11 is 1.46. The van der Waals surface area contributed by atoms with E-state index in [1.807, 2.05) is 31.2 Å². The molecule has 4 rings (SSSR count). The van der Waals surface area contributed by atoms with Gasteiger partial charge in [-0.1, -0.05) is 24.3 Å². The van der Waals surface area contributed by atoms with Crippen LogP contribution in [0, 0.1) is 12.8 Å². The highest BCUT2D eigenvalue weighted by Gasteiger charge is 2.42. The molecule has 156 valence electrons. The summed E-state index contributed by atoms with van der Waals surface area (Å²) in [6.07, 6.45) is -3.53. The van der Waals surface area contributed by atoms with E-state index in [-0.39, 0.29) is 17.7 Å². The van der Waals surface area contributed by atoms with Crippen LogP contribution in [-0.4, -0.2) is 10.9 Å². The summed E-state index contributed by atoms with van der Waals surface area (Å²) in [5, 5.41) is 4.04. The number of benzene rings is 2. The third-order valence-corrected chi connectivity index (χ3v) is 6.51. The Balaban J connectivity index is 1.40. The summed E-state index contributed by atoms with van der Waals surface area (Å²) < 4.78 is 38.2. The number of alkyl halides is 3. The van der Waals surface area contributed by atoms with Crippen molar-refractivity contribution >= 4 is 22.9 Å². The second kappa shape index (κ2) is 7.75. The minimum atomic E-state index is -4.35. The maximum Gasteiger partial charge on any atom is 0.416 e. The Hall–Kier alpha value is -2.87. The van der Waals surface area contributed by atoms with Crippen molar-refractivity contribution < 1.29 is 18.0 Å². The second-order valence-electron chi connectivity index (χ2n) is 7.43. The summed E-state index contributed by atoms with van der Waals surface area (Å²) in [5.74, 6) is -0.0643. The fourth-order valence-corrected chi connectivity index (χ4v) is 4.43. The molecule has 2 atom stereocenters. The van der Waals surface area contributed by atoms with Crippen molar-refractivity contribution in [2.45, 2.75) is 32.0 Å². The average molecular weight is 431 g/mol. The second-order valence-corrected chi connectivity index (χ2v) is 8.51. The van der Waals surface area contributed by atoms with E-state index in [9.17, 15) is 18.0 Å². The maximum absolute atomic E-state index is 12.7. The molecule has 0 saturated heterocycles. The maximum atomic E-state index is 12.7. The van der Waals surface area contributed by atoms with E-state index in [2.05, 4.69) is 10.3 Å². The van der Waals surface area contributed by atoms with Crippen LogP contribution >= 0.6 is 11.3 Å². The van der Waals surface area contributed by atoms with E-state index in [0.717, 1.165) is 40.4 Å². The number of carbonyl (C=O) groups excluding carboxylic acids is 1. The molecule has 30 heavy (non-hydrogen) atoms. The minimum absolute atomic E-state index is 0.0488. The molecule has 0 bridgehead atoms. The number of aryl methyl sites for hydroxylation is 1. The summed E-state index contributed by atoms with van der Waals surface area (Å²) in [6.45, 7) is 2.46. The van der Waals surface area contributed by atoms with E-state index in [1.54, 1.807) is 0 Å². The topological polar surface area (TPSA) is 68.0 Å². The number of halogens is 3. The lowest BCUT2D eigenvalue weighted by Gasteiger charge is -2.07. The zero-order valence-electron chi connectivity index (χ0n) is 16.2. The lowest BCUT2D eigenvalue weighted by atomic mass is 10.1. The number of nitrogens with one attached hydrogen (secondary N) is 1. The number of hydrogen-bond acceptors (Lipinski definition) is 4. The van der Waals surface area contributed by atoms with Gasteiger partial charge >= 0.3 is 6.18 Å². The monoisotopic (exact) mass is 431 g/mol. The molecule has 2 unspecified atom stereocenters. The molecule has 0 spiro atoms. The zero-order chi connectivity index (χ0) is 21.5. The van der Waals surface area contributed by atoms with Gasteiger partial charge in [-0.15, -0.1) is 11.3 Å². The summed E-state index contributed by atoms with van der Waals surface area (Å²) in [7, 11) is 0. The number of thiazole rings is 1. The Bertz CT molecular complexity index is 1060. The highest BCUT2D eigenvalue weighted by molar-refractivity contribution is 7.15. The van der Waals surface area contributed by atoms with Gasteiger partial charge in [0.15, 0.2) is 0 Å². The Morgan fingerprint density at radius 2 is 1.83 bits per heavy atom. The standard InChI is InChI=1S/C22H20F3N3OS/c1-12-19(30-21(28-12)14-2-6-15(7-3-14)22(23,24)25)11-27-16-8-4-13(5-9-16)17-10-18(17)20(26)29/h2-9,17-18,27H,10-11H2,1H3,(H2,26,29). The Kier molecular flexibility index (Phi) is 5.27. The molecule has 2 aromatic carbocycles. The van der Waals surface area contributed by atoms with Crippen molar-refractivity contribution in [1.82, 2.24) is 4.98 Å². The first kappa shape index (κ1) is 20.4. The normalized spacial score (nSPS) is 18.3. The quantitative estimate of drug-likeness (QED) is 0.554. The molecule has 3 N–H and O–H groups in total. The molecule has 0 radical (unpaired) electrons. The van der Waals surface area contributed by atoms with Gasteiger partial charge in [-0.2, -0.15) is 13.2 Å². The first-order valence-electron chi connectivity index (χ1n) is 9.49. The van der Waals surface area contributed by atoms with Crippen molar-refractivity contribution in [3.63, 3.8) is 0 Å². The van der Waals surface area contributed by atoms with Gasteiger partial charge in [0.25, 0.3) is 0 Å². The third kappa shape index (κ3) is 4.33. The number of rotatable bonds is 6. The number of anilines is 1. The van der Waals surface area contributed by atoms with E-state index < -0.39 is 11.7 Å². The molecule has 3 aromatic rings. The van der Waals surface area contributed by atoms with Gasteiger partial charge in [0.1, 0.15) is 5.01 Å². The van der Waals surface area contributed by atoms with Crippen molar-refractivity contribution in [1.29, 1.82) is 0 Å². The molecular weight excluding hydrogens is 411 g/mol. The van der Waals surface area contributed by atoms with Crippen molar-refractivity contribution in [3.8, 4) is 10.6 Å². The van der Waals surface area contributed by atoms with Crippen LogP contribution in [0.5, 0.6) is 0 Å². The summed E-state index contributed by atoms with van der Waals surface area (Å²) in [4.78, 5) is 16.8. The third-order valence-electron chi connectivity index (χ3n) is 5.30. The molecule has 1 aliphatic rings. The van der Waals surface area contributed by atoms with Gasteiger partial charge in [-0.05, 0) is 49.1 Å². The lowest BCUT2D eigenvalue weighted by Crippen LogP contribution is -2.13. The number of nitrogens with zero attached hydrogens (tertiary/aromatic N) is 1. The van der Waals surface area contributed by atoms with Crippen LogP contribution in [0.25, 0.3) is 10.6 Å². The van der Waals surface area contributed by atoms with Crippen LogP contribution in [0.1, 0.15) is 34.0 Å². The van der Waals surface area contributed by atoms with Crippen LogP contribution in [-0.2, 0) is 17.5 Å². The number of hydrogen-bond donors (Lipinski definition) is 2. The molecule has 8 heteroatoms. The van der Waals surface area contributed by atoms with Gasteiger partial charge in [0, 0.05) is 22.0 Å². The van der Waals surface area contributed by atoms with E-state index in [0.29, 0.717) is 17.1 Å². The fraction of sp³-hybridized carbons (Fsp3) is 0.273. The number of nitrogens with two attached hydrogens (primary N) is 1. The highest BCUT2D eigenvalue weighted by Crippen LogP contribution is 2.47. The van der Waals surface area contributed by atoms with E-state index >= 15 is 0 Å². The largest absolute Gasteiger partial charge is 0.416 e. The van der Waals surface area contributed by atoms with Crippen LogP contribution in [0.2, 0.25) is 0 Å². The van der Waals surface area contributed by atoms with E-state index in [4.69, 9.17) is 5.73 Å². The van der Waals surface area contributed by atoms with Crippen LogP contribution < -0.4 is 11.1 Å². The first-order valence-corrected chi connectivity index (χ1v) is 10.3.